The molecule has 0 fully saturated rings. The topological polar surface area (TPSA) is 73.9 Å². The van der Waals surface area contributed by atoms with Gasteiger partial charge in [0, 0.05) is 11.0 Å². The molecule has 0 saturated heterocycles. The molecule has 2 aromatic rings. The molecule has 168 valence electrons. The minimum absolute atomic E-state index is 0.277. The minimum atomic E-state index is -0.429. The third-order valence-corrected chi connectivity index (χ3v) is 5.79. The Morgan fingerprint density at radius 2 is 1.94 bits per heavy atom. The molecular weight excluding hydrogens is 414 g/mol. The first-order chi connectivity index (χ1) is 14.8. The van der Waals surface area contributed by atoms with E-state index >= 15 is 0 Å². The summed E-state index contributed by atoms with van der Waals surface area (Å²) in [6, 6.07) is 5.51. The van der Waals surface area contributed by atoms with Gasteiger partial charge >= 0.3 is 5.97 Å². The van der Waals surface area contributed by atoms with Gasteiger partial charge in [0.25, 0.3) is 0 Å². The van der Waals surface area contributed by atoms with Crippen molar-refractivity contribution in [3.05, 3.63) is 45.8 Å². The third-order valence-electron chi connectivity index (χ3n) is 4.67. The van der Waals surface area contributed by atoms with Gasteiger partial charge in [-0.05, 0) is 62.4 Å². The monoisotopic (exact) mass is 445 g/mol. The Morgan fingerprint density at radius 1 is 1.19 bits per heavy atom. The number of esters is 1. The zero-order chi connectivity index (χ0) is 23.0. The Bertz CT molecular complexity index is 946. The van der Waals surface area contributed by atoms with E-state index in [0.29, 0.717) is 34.6 Å². The highest BCUT2D eigenvalue weighted by Crippen LogP contribution is 2.33. The summed E-state index contributed by atoms with van der Waals surface area (Å²) in [4.78, 5) is 25.7. The largest absolute Gasteiger partial charge is 0.493 e. The number of carbonyl (C=O) groups excluding carboxylic acids is 2. The average Bonchev–Trinajstić information content (AvgIpc) is 3.00. The van der Waals surface area contributed by atoms with Crippen molar-refractivity contribution in [3.63, 3.8) is 0 Å². The number of aryl methyl sites for hydroxylation is 1. The van der Waals surface area contributed by atoms with Gasteiger partial charge in [-0.15, -0.1) is 11.3 Å². The highest BCUT2D eigenvalue weighted by molar-refractivity contribution is 7.16. The Labute approximate surface area is 188 Å². The lowest BCUT2D eigenvalue weighted by atomic mass is 10.1. The van der Waals surface area contributed by atoms with Crippen LogP contribution < -0.4 is 14.8 Å². The van der Waals surface area contributed by atoms with E-state index in [1.165, 1.54) is 17.4 Å². The maximum Gasteiger partial charge on any atom is 0.341 e. The van der Waals surface area contributed by atoms with Crippen LogP contribution in [0.15, 0.2) is 24.3 Å². The van der Waals surface area contributed by atoms with Crippen molar-refractivity contribution in [2.75, 3.05) is 25.6 Å². The van der Waals surface area contributed by atoms with Gasteiger partial charge < -0.3 is 19.5 Å². The van der Waals surface area contributed by atoms with Crippen molar-refractivity contribution < 1.29 is 23.8 Å². The number of nitrogens with one attached hydrogen (secondary N) is 1. The number of hydrogen-bond acceptors (Lipinski definition) is 6. The summed E-state index contributed by atoms with van der Waals surface area (Å²) in [6.45, 7) is 10.7. The van der Waals surface area contributed by atoms with E-state index in [0.717, 1.165) is 22.4 Å². The highest BCUT2D eigenvalue weighted by atomic mass is 32.1. The summed E-state index contributed by atoms with van der Waals surface area (Å²) >= 11 is 1.36. The van der Waals surface area contributed by atoms with Crippen molar-refractivity contribution in [2.45, 2.75) is 41.0 Å². The maximum atomic E-state index is 12.5. The van der Waals surface area contributed by atoms with Gasteiger partial charge in [0.2, 0.25) is 5.91 Å². The number of anilines is 1. The van der Waals surface area contributed by atoms with Crippen LogP contribution in [0.3, 0.4) is 0 Å². The molecule has 6 nitrogen and oxygen atoms in total. The van der Waals surface area contributed by atoms with Crippen molar-refractivity contribution in [1.82, 2.24) is 0 Å². The lowest BCUT2D eigenvalue weighted by molar-refractivity contribution is -0.111. The molecule has 31 heavy (non-hydrogen) atoms. The molecule has 1 amide bonds. The summed E-state index contributed by atoms with van der Waals surface area (Å²) in [6.07, 6.45) is 4.07. The molecule has 0 aliphatic heterocycles. The van der Waals surface area contributed by atoms with Gasteiger partial charge in [-0.3, -0.25) is 4.79 Å². The predicted octanol–water partition coefficient (Wildman–Crippen LogP) is 5.63. The highest BCUT2D eigenvalue weighted by Gasteiger charge is 2.21. The molecule has 1 N–H and O–H groups in total. The van der Waals surface area contributed by atoms with Crippen molar-refractivity contribution in [3.8, 4) is 11.5 Å². The molecule has 0 atom stereocenters. The van der Waals surface area contributed by atoms with Gasteiger partial charge in [-0.25, -0.2) is 4.79 Å². The molecule has 7 heteroatoms. The van der Waals surface area contributed by atoms with E-state index in [1.54, 1.807) is 20.1 Å². The first kappa shape index (κ1) is 24.5. The van der Waals surface area contributed by atoms with E-state index in [4.69, 9.17) is 14.2 Å². The minimum Gasteiger partial charge on any atom is -0.493 e. The number of thiophene rings is 1. The standard InChI is InChI=1S/C24H31NO5S/c1-7-29-24(27)22-16(4)17(5)31-23(22)25-21(26)11-9-18-8-10-19(20(14-18)28-6)30-13-12-15(2)3/h8-11,14-15H,7,12-13H2,1-6H3,(H,25,26). The normalized spacial score (nSPS) is 11.1. The van der Waals surface area contributed by atoms with Crippen LogP contribution in [0.25, 0.3) is 6.08 Å². The first-order valence-electron chi connectivity index (χ1n) is 10.3. The molecule has 1 heterocycles. The smallest absolute Gasteiger partial charge is 0.341 e. The third kappa shape index (κ3) is 6.85. The van der Waals surface area contributed by atoms with Crippen LogP contribution in [0.4, 0.5) is 5.00 Å². The fraction of sp³-hybridized carbons (Fsp3) is 0.417. The molecule has 0 saturated carbocycles. The van der Waals surface area contributed by atoms with Crippen molar-refractivity contribution >= 4 is 34.3 Å². The molecular formula is C24H31NO5S. The van der Waals surface area contributed by atoms with E-state index in [9.17, 15) is 9.59 Å². The molecule has 0 aliphatic rings. The fourth-order valence-corrected chi connectivity index (χ4v) is 3.85. The van der Waals surface area contributed by atoms with Crippen LogP contribution in [0, 0.1) is 19.8 Å². The number of carbonyl (C=O) groups is 2. The van der Waals surface area contributed by atoms with Crippen LogP contribution >= 0.6 is 11.3 Å². The molecule has 0 aliphatic carbocycles. The lowest BCUT2D eigenvalue weighted by Crippen LogP contribution is -2.12. The number of rotatable bonds is 10. The van der Waals surface area contributed by atoms with E-state index in [-0.39, 0.29) is 12.5 Å². The van der Waals surface area contributed by atoms with Crippen LogP contribution in [0.1, 0.15) is 53.6 Å². The van der Waals surface area contributed by atoms with Crippen LogP contribution in [0.5, 0.6) is 11.5 Å². The first-order valence-corrected chi connectivity index (χ1v) is 11.1. The van der Waals surface area contributed by atoms with Crippen molar-refractivity contribution in [1.29, 1.82) is 0 Å². The second kappa shape index (κ2) is 11.6. The second-order valence-electron chi connectivity index (χ2n) is 7.47. The summed E-state index contributed by atoms with van der Waals surface area (Å²) in [5.41, 5.74) is 2.03. The number of benzene rings is 1. The number of amides is 1. The fourth-order valence-electron chi connectivity index (χ4n) is 2.80. The van der Waals surface area contributed by atoms with Gasteiger partial charge in [-0.2, -0.15) is 0 Å². The molecule has 1 aromatic heterocycles. The summed E-state index contributed by atoms with van der Waals surface area (Å²) in [5.74, 6) is 1.09. The quantitative estimate of drug-likeness (QED) is 0.379. The van der Waals surface area contributed by atoms with Gasteiger partial charge in [0.05, 0.1) is 25.9 Å². The molecule has 0 radical (unpaired) electrons. The molecule has 0 spiro atoms. The zero-order valence-electron chi connectivity index (χ0n) is 19.0. The molecule has 0 unspecified atom stereocenters. The van der Waals surface area contributed by atoms with E-state index in [2.05, 4.69) is 19.2 Å². The Kier molecular flexibility index (Phi) is 9.12. The Morgan fingerprint density at radius 3 is 2.58 bits per heavy atom. The van der Waals surface area contributed by atoms with Crippen molar-refractivity contribution in [2.24, 2.45) is 5.92 Å². The Hall–Kier alpha value is -2.80. The summed E-state index contributed by atoms with van der Waals surface area (Å²) in [5, 5.41) is 3.29. The second-order valence-corrected chi connectivity index (χ2v) is 8.70. The van der Waals surface area contributed by atoms with Crippen LogP contribution in [0.2, 0.25) is 0 Å². The van der Waals surface area contributed by atoms with Crippen LogP contribution in [-0.2, 0) is 9.53 Å². The summed E-state index contributed by atoms with van der Waals surface area (Å²) < 4.78 is 16.3. The lowest BCUT2D eigenvalue weighted by Gasteiger charge is -2.12. The molecule has 1 aromatic carbocycles. The summed E-state index contributed by atoms with van der Waals surface area (Å²) in [7, 11) is 1.59. The number of ether oxygens (including phenoxy) is 3. The van der Waals surface area contributed by atoms with E-state index in [1.807, 2.05) is 32.0 Å². The Balaban J connectivity index is 2.10. The average molecular weight is 446 g/mol. The van der Waals surface area contributed by atoms with Crippen LogP contribution in [-0.4, -0.2) is 32.2 Å². The maximum absolute atomic E-state index is 12.5. The number of methoxy groups -OCH3 is 1. The zero-order valence-corrected chi connectivity index (χ0v) is 19.9. The van der Waals surface area contributed by atoms with E-state index < -0.39 is 5.97 Å². The predicted molar refractivity (Wildman–Crippen MR) is 125 cm³/mol. The SMILES string of the molecule is CCOC(=O)c1c(NC(=O)C=Cc2ccc(OCCC(C)C)c(OC)c2)sc(C)c1C. The number of hydrogen-bond donors (Lipinski definition) is 1. The molecule has 0 bridgehead atoms. The van der Waals surface area contributed by atoms with Gasteiger partial charge in [-0.1, -0.05) is 19.9 Å². The molecule has 2 rings (SSSR count). The van der Waals surface area contributed by atoms with Gasteiger partial charge in [0.1, 0.15) is 5.00 Å². The van der Waals surface area contributed by atoms with Gasteiger partial charge in [0.15, 0.2) is 11.5 Å².